The third-order valence-electron chi connectivity index (χ3n) is 5.87. The fourth-order valence-electron chi connectivity index (χ4n) is 4.17. The number of hydrogen-bond acceptors (Lipinski definition) is 1. The van der Waals surface area contributed by atoms with Crippen molar-refractivity contribution < 1.29 is 23.1 Å². The molecule has 0 atom stereocenters. The lowest BCUT2D eigenvalue weighted by Crippen LogP contribution is -2.04. The van der Waals surface area contributed by atoms with Gasteiger partial charge in [0.05, 0.1) is 11.3 Å². The van der Waals surface area contributed by atoms with E-state index < -0.39 is 17.7 Å². The van der Waals surface area contributed by atoms with Crippen LogP contribution in [-0.4, -0.2) is 15.6 Å². The van der Waals surface area contributed by atoms with E-state index in [0.717, 1.165) is 39.8 Å². The molecule has 0 aliphatic rings. The summed E-state index contributed by atoms with van der Waals surface area (Å²) in [6, 6.07) is 24.9. The first-order valence-corrected chi connectivity index (χ1v) is 11.0. The molecule has 0 spiro atoms. The van der Waals surface area contributed by atoms with Gasteiger partial charge in [-0.2, -0.15) is 13.2 Å². The Hall–Kier alpha value is -3.80. The van der Waals surface area contributed by atoms with Gasteiger partial charge in [0, 0.05) is 23.4 Å². The first kappa shape index (κ1) is 23.4. The van der Waals surface area contributed by atoms with Gasteiger partial charge in [0.25, 0.3) is 0 Å². The quantitative estimate of drug-likeness (QED) is 0.308. The Morgan fingerprint density at radius 2 is 1.56 bits per heavy atom. The molecular weight excluding hydrogens is 439 g/mol. The molecule has 0 bridgehead atoms. The van der Waals surface area contributed by atoms with E-state index in [1.807, 2.05) is 72.2 Å². The van der Waals surface area contributed by atoms with Crippen LogP contribution in [0, 0.1) is 6.92 Å². The molecule has 3 nitrogen and oxygen atoms in total. The molecule has 0 unspecified atom stereocenters. The number of aromatic nitrogens is 1. The Balaban J connectivity index is 1.78. The molecule has 0 aliphatic carbocycles. The van der Waals surface area contributed by atoms with Crippen molar-refractivity contribution in [3.63, 3.8) is 0 Å². The minimum atomic E-state index is -4.41. The number of halogens is 3. The Bertz CT molecular complexity index is 1290. The summed E-state index contributed by atoms with van der Waals surface area (Å²) in [5.74, 6) is -0.811. The van der Waals surface area contributed by atoms with Crippen LogP contribution in [0.4, 0.5) is 13.2 Å². The number of hydrogen-bond donors (Lipinski definition) is 1. The lowest BCUT2D eigenvalue weighted by Gasteiger charge is -2.14. The van der Waals surface area contributed by atoms with Gasteiger partial charge in [-0.1, -0.05) is 54.6 Å². The van der Waals surface area contributed by atoms with Crippen LogP contribution in [0.3, 0.4) is 0 Å². The van der Waals surface area contributed by atoms with Crippen LogP contribution in [0.15, 0.2) is 84.9 Å². The summed E-state index contributed by atoms with van der Waals surface area (Å²) in [6.07, 6.45) is -3.06. The van der Waals surface area contributed by atoms with Gasteiger partial charge < -0.3 is 9.67 Å². The van der Waals surface area contributed by atoms with Crippen molar-refractivity contribution in [1.82, 2.24) is 4.57 Å². The van der Waals surface area contributed by atoms with Gasteiger partial charge in [-0.15, -0.1) is 0 Å². The van der Waals surface area contributed by atoms with Gasteiger partial charge in [0.2, 0.25) is 0 Å². The van der Waals surface area contributed by atoms with Crippen LogP contribution in [0.2, 0.25) is 0 Å². The molecule has 1 heterocycles. The molecule has 174 valence electrons. The number of alkyl halides is 3. The number of rotatable bonds is 7. The van der Waals surface area contributed by atoms with Crippen molar-refractivity contribution in [3.05, 3.63) is 102 Å². The van der Waals surface area contributed by atoms with E-state index in [1.165, 1.54) is 12.1 Å². The van der Waals surface area contributed by atoms with Crippen molar-refractivity contribution >= 4 is 5.97 Å². The number of carbonyl (C=O) groups is 1. The maximum Gasteiger partial charge on any atom is 0.416 e. The van der Waals surface area contributed by atoms with Crippen LogP contribution in [0.5, 0.6) is 0 Å². The largest absolute Gasteiger partial charge is 0.481 e. The summed E-state index contributed by atoms with van der Waals surface area (Å²) in [7, 11) is 0. The first-order chi connectivity index (χ1) is 16.2. The molecular formula is C28H24F3NO2. The number of nitrogens with zero attached hydrogens (tertiary/aromatic N) is 1. The molecule has 0 saturated heterocycles. The number of benzene rings is 3. The first-order valence-electron chi connectivity index (χ1n) is 11.0. The van der Waals surface area contributed by atoms with Gasteiger partial charge in [-0.25, -0.2) is 0 Å². The van der Waals surface area contributed by atoms with Gasteiger partial charge in [0.1, 0.15) is 0 Å². The van der Waals surface area contributed by atoms with Gasteiger partial charge >= 0.3 is 12.1 Å². The summed E-state index contributed by atoms with van der Waals surface area (Å²) in [5.41, 5.74) is 5.15. The maximum absolute atomic E-state index is 13.3. The molecule has 0 fully saturated rings. The topological polar surface area (TPSA) is 42.2 Å². The zero-order chi connectivity index (χ0) is 24.3. The van der Waals surface area contributed by atoms with Crippen molar-refractivity contribution in [2.24, 2.45) is 0 Å². The van der Waals surface area contributed by atoms with Gasteiger partial charge in [0.15, 0.2) is 0 Å². The highest BCUT2D eigenvalue weighted by molar-refractivity contribution is 5.77. The molecule has 3 aromatic carbocycles. The number of carboxylic acid groups (broad SMARTS) is 1. The minimum Gasteiger partial charge on any atom is -0.481 e. The second kappa shape index (κ2) is 9.59. The van der Waals surface area contributed by atoms with E-state index in [0.29, 0.717) is 18.4 Å². The lowest BCUT2D eigenvalue weighted by atomic mass is 10.0. The van der Waals surface area contributed by atoms with Crippen LogP contribution in [-0.2, 0) is 17.4 Å². The summed E-state index contributed by atoms with van der Waals surface area (Å²) < 4.78 is 42.0. The number of aliphatic carboxylic acids is 1. The molecule has 0 amide bonds. The summed E-state index contributed by atoms with van der Waals surface area (Å²) in [6.45, 7) is 1.91. The third kappa shape index (κ3) is 5.06. The lowest BCUT2D eigenvalue weighted by molar-refractivity contribution is -0.138. The van der Waals surface area contributed by atoms with E-state index in [4.69, 9.17) is 5.11 Å². The van der Waals surface area contributed by atoms with E-state index in [9.17, 15) is 18.0 Å². The molecule has 0 aliphatic heterocycles. The highest BCUT2D eigenvalue weighted by Gasteiger charge is 2.30. The smallest absolute Gasteiger partial charge is 0.416 e. The van der Waals surface area contributed by atoms with Gasteiger partial charge in [-0.05, 0) is 66.8 Å². The molecule has 1 N–H and O–H groups in total. The molecule has 4 aromatic rings. The Labute approximate surface area is 196 Å². The zero-order valence-corrected chi connectivity index (χ0v) is 18.6. The van der Waals surface area contributed by atoms with Crippen molar-refractivity contribution in [1.29, 1.82) is 0 Å². The molecule has 0 saturated carbocycles. The predicted octanol–water partition coefficient (Wildman–Crippen LogP) is 7.55. The molecule has 34 heavy (non-hydrogen) atoms. The average molecular weight is 463 g/mol. The van der Waals surface area contributed by atoms with Gasteiger partial charge in [-0.3, -0.25) is 4.79 Å². The maximum atomic E-state index is 13.3. The Morgan fingerprint density at radius 1 is 0.882 bits per heavy atom. The standard InChI is InChI=1S/C28H24F3NO2/c1-19-25(22-10-6-11-23(17-22)28(29,30)31)18-26(21-8-3-2-4-9-21)32(19)24-15-13-20(14-16-24)7-5-12-27(33)34/h2-4,6,8-11,13-18H,5,7,12H2,1H3,(H,33,34). The van der Waals surface area contributed by atoms with Crippen molar-refractivity contribution in [2.75, 3.05) is 0 Å². The molecule has 1 aromatic heterocycles. The molecule has 0 radical (unpaired) electrons. The summed E-state index contributed by atoms with van der Waals surface area (Å²) in [4.78, 5) is 10.8. The second-order valence-electron chi connectivity index (χ2n) is 8.22. The van der Waals surface area contributed by atoms with Crippen LogP contribution in [0.25, 0.3) is 28.1 Å². The Morgan fingerprint density at radius 3 is 2.21 bits per heavy atom. The third-order valence-corrected chi connectivity index (χ3v) is 5.87. The van der Waals surface area contributed by atoms with Crippen LogP contribution < -0.4 is 0 Å². The monoisotopic (exact) mass is 463 g/mol. The fraction of sp³-hybridized carbons (Fsp3) is 0.179. The summed E-state index contributed by atoms with van der Waals surface area (Å²) >= 11 is 0. The molecule has 4 rings (SSSR count). The van der Waals surface area contributed by atoms with E-state index in [2.05, 4.69) is 0 Å². The number of aryl methyl sites for hydroxylation is 1. The van der Waals surface area contributed by atoms with Crippen molar-refractivity contribution in [3.8, 4) is 28.1 Å². The van der Waals surface area contributed by atoms with Crippen molar-refractivity contribution in [2.45, 2.75) is 32.4 Å². The second-order valence-corrected chi connectivity index (χ2v) is 8.22. The highest BCUT2D eigenvalue weighted by atomic mass is 19.4. The normalized spacial score (nSPS) is 11.5. The number of carboxylic acids is 1. The molecule has 6 heteroatoms. The fourth-order valence-corrected chi connectivity index (χ4v) is 4.17. The highest BCUT2D eigenvalue weighted by Crippen LogP contribution is 2.37. The Kier molecular flexibility index (Phi) is 6.59. The van der Waals surface area contributed by atoms with E-state index >= 15 is 0 Å². The average Bonchev–Trinajstić information content (AvgIpc) is 3.16. The van der Waals surface area contributed by atoms with E-state index in [-0.39, 0.29) is 6.42 Å². The zero-order valence-electron chi connectivity index (χ0n) is 18.6. The van der Waals surface area contributed by atoms with Crippen LogP contribution >= 0.6 is 0 Å². The minimum absolute atomic E-state index is 0.122. The summed E-state index contributed by atoms with van der Waals surface area (Å²) in [5, 5.41) is 8.85. The van der Waals surface area contributed by atoms with Crippen LogP contribution in [0.1, 0.15) is 29.7 Å². The predicted molar refractivity (Wildman–Crippen MR) is 127 cm³/mol. The van der Waals surface area contributed by atoms with E-state index in [1.54, 1.807) is 6.07 Å². The SMILES string of the molecule is Cc1c(-c2cccc(C(F)(F)F)c2)cc(-c2ccccc2)n1-c1ccc(CCCC(=O)O)cc1.